The van der Waals surface area contributed by atoms with E-state index in [0.717, 1.165) is 12.0 Å². The number of ether oxygens (including phenoxy) is 2. The predicted octanol–water partition coefficient (Wildman–Crippen LogP) is 3.48. The van der Waals surface area contributed by atoms with Gasteiger partial charge in [-0.2, -0.15) is 0 Å². The average molecular weight is 409 g/mol. The summed E-state index contributed by atoms with van der Waals surface area (Å²) in [5.74, 6) is -0.243. The molecule has 0 spiro atoms. The van der Waals surface area contributed by atoms with Gasteiger partial charge in [0.25, 0.3) is 5.91 Å². The molecule has 7 heteroatoms. The van der Waals surface area contributed by atoms with Gasteiger partial charge in [-0.3, -0.25) is 4.79 Å². The van der Waals surface area contributed by atoms with Gasteiger partial charge in [-0.05, 0) is 50.1 Å². The number of carbonyl (C=O) groups excluding carboxylic acids is 2. The highest BCUT2D eigenvalue weighted by Gasteiger charge is 2.15. The molecule has 3 aromatic rings. The zero-order valence-corrected chi connectivity index (χ0v) is 17.1. The summed E-state index contributed by atoms with van der Waals surface area (Å²) in [5, 5.41) is 3.19. The zero-order valence-electron chi connectivity index (χ0n) is 17.1. The number of esters is 1. The first-order valence-corrected chi connectivity index (χ1v) is 9.67. The van der Waals surface area contributed by atoms with Crippen molar-refractivity contribution in [3.05, 3.63) is 70.1 Å². The van der Waals surface area contributed by atoms with Crippen LogP contribution in [0.4, 0.5) is 0 Å². The topological polar surface area (TPSA) is 94.8 Å². The number of fused-ring (bicyclic) bond motifs is 1. The lowest BCUT2D eigenvalue weighted by molar-refractivity contribution is -0.136. The Labute approximate surface area is 173 Å². The maximum absolute atomic E-state index is 12.2. The first-order valence-electron chi connectivity index (χ1n) is 9.67. The predicted molar refractivity (Wildman–Crippen MR) is 112 cm³/mol. The fourth-order valence-electron chi connectivity index (χ4n) is 2.89. The Bertz CT molecular complexity index is 1130. The summed E-state index contributed by atoms with van der Waals surface area (Å²) in [6, 6.07) is 13.4. The summed E-state index contributed by atoms with van der Waals surface area (Å²) in [6.07, 6.45) is 0.784. The van der Waals surface area contributed by atoms with E-state index in [2.05, 4.69) is 5.32 Å². The Hall–Kier alpha value is -3.61. The fraction of sp³-hybridized carbons (Fsp3) is 0.261. The van der Waals surface area contributed by atoms with E-state index in [1.807, 2.05) is 25.1 Å². The Balaban J connectivity index is 1.71. The van der Waals surface area contributed by atoms with E-state index in [0.29, 0.717) is 11.1 Å². The Morgan fingerprint density at radius 3 is 2.60 bits per heavy atom. The zero-order chi connectivity index (χ0) is 21.7. The van der Waals surface area contributed by atoms with Crippen molar-refractivity contribution in [2.45, 2.75) is 33.2 Å². The summed E-state index contributed by atoms with van der Waals surface area (Å²) < 4.78 is 16.1. The van der Waals surface area contributed by atoms with Gasteiger partial charge in [0.1, 0.15) is 22.6 Å². The monoisotopic (exact) mass is 409 g/mol. The molecule has 1 aromatic heterocycles. The fourth-order valence-corrected chi connectivity index (χ4v) is 2.89. The van der Waals surface area contributed by atoms with E-state index in [1.54, 1.807) is 32.0 Å². The first kappa shape index (κ1) is 21.1. The van der Waals surface area contributed by atoms with Crippen molar-refractivity contribution in [3.63, 3.8) is 0 Å². The number of nitrogens with one attached hydrogen (secondary N) is 1. The molecule has 7 nitrogen and oxygen atoms in total. The molecule has 0 saturated carbocycles. The van der Waals surface area contributed by atoms with Crippen LogP contribution in [-0.4, -0.2) is 24.5 Å². The van der Waals surface area contributed by atoms with Gasteiger partial charge >= 0.3 is 11.6 Å². The van der Waals surface area contributed by atoms with E-state index < -0.39 is 17.5 Å². The van der Waals surface area contributed by atoms with Gasteiger partial charge in [-0.1, -0.05) is 25.1 Å². The van der Waals surface area contributed by atoms with E-state index in [4.69, 9.17) is 13.9 Å². The average Bonchev–Trinajstić information content (AvgIpc) is 2.71. The molecule has 1 amide bonds. The van der Waals surface area contributed by atoms with E-state index in [1.165, 1.54) is 12.1 Å². The molecular weight excluding hydrogens is 386 g/mol. The van der Waals surface area contributed by atoms with Crippen LogP contribution in [0.1, 0.15) is 36.7 Å². The van der Waals surface area contributed by atoms with Crippen LogP contribution < -0.4 is 20.4 Å². The molecule has 0 fully saturated rings. The minimum atomic E-state index is -0.761. The summed E-state index contributed by atoms with van der Waals surface area (Å²) in [4.78, 5) is 36.4. The van der Waals surface area contributed by atoms with Crippen LogP contribution in [-0.2, 0) is 11.2 Å². The Morgan fingerprint density at radius 2 is 1.87 bits per heavy atom. The Morgan fingerprint density at radius 1 is 1.10 bits per heavy atom. The molecule has 0 atom stereocenters. The van der Waals surface area contributed by atoms with Crippen LogP contribution in [0.25, 0.3) is 11.0 Å². The number of para-hydroxylation sites is 1. The van der Waals surface area contributed by atoms with Crippen molar-refractivity contribution in [3.8, 4) is 11.5 Å². The van der Waals surface area contributed by atoms with Crippen molar-refractivity contribution in [2.24, 2.45) is 0 Å². The molecule has 1 N–H and O–H groups in total. The van der Waals surface area contributed by atoms with Crippen LogP contribution in [0.3, 0.4) is 0 Å². The van der Waals surface area contributed by atoms with Gasteiger partial charge in [-0.15, -0.1) is 0 Å². The van der Waals surface area contributed by atoms with Crippen molar-refractivity contribution in [1.29, 1.82) is 0 Å². The Kier molecular flexibility index (Phi) is 6.51. The van der Waals surface area contributed by atoms with Crippen LogP contribution in [0.15, 0.2) is 57.7 Å². The second-order valence-corrected chi connectivity index (χ2v) is 7.00. The maximum atomic E-state index is 12.2. The molecular formula is C23H23NO6. The SMILES string of the molecule is CCc1ccccc1OCC(=O)Oc1ccc2cc(C(=O)NC(C)C)c(=O)oc2c1. The van der Waals surface area contributed by atoms with Gasteiger partial charge in [0.15, 0.2) is 6.61 Å². The van der Waals surface area contributed by atoms with Crippen molar-refractivity contribution in [1.82, 2.24) is 5.32 Å². The van der Waals surface area contributed by atoms with Gasteiger partial charge < -0.3 is 19.2 Å². The maximum Gasteiger partial charge on any atom is 0.349 e. The smallest absolute Gasteiger partial charge is 0.349 e. The van der Waals surface area contributed by atoms with Gasteiger partial charge in [0, 0.05) is 17.5 Å². The summed E-state index contributed by atoms with van der Waals surface area (Å²) in [6.45, 7) is 5.34. The number of hydrogen-bond donors (Lipinski definition) is 1. The second-order valence-electron chi connectivity index (χ2n) is 7.00. The third-order valence-electron chi connectivity index (χ3n) is 4.30. The van der Waals surface area contributed by atoms with Crippen molar-refractivity contribution in [2.75, 3.05) is 6.61 Å². The number of carbonyl (C=O) groups is 2. The van der Waals surface area contributed by atoms with Crippen LogP contribution >= 0.6 is 0 Å². The van der Waals surface area contributed by atoms with Gasteiger partial charge in [-0.25, -0.2) is 9.59 Å². The molecule has 0 unspecified atom stereocenters. The largest absolute Gasteiger partial charge is 0.482 e. The van der Waals surface area contributed by atoms with Crippen LogP contribution in [0.2, 0.25) is 0 Å². The summed E-state index contributed by atoms with van der Waals surface area (Å²) in [5.41, 5.74) is 0.367. The molecule has 0 saturated heterocycles. The highest BCUT2D eigenvalue weighted by Crippen LogP contribution is 2.22. The second kappa shape index (κ2) is 9.26. The highest BCUT2D eigenvalue weighted by molar-refractivity contribution is 5.96. The van der Waals surface area contributed by atoms with E-state index in [9.17, 15) is 14.4 Å². The highest BCUT2D eigenvalue weighted by atomic mass is 16.6. The molecule has 3 rings (SSSR count). The molecule has 2 aromatic carbocycles. The molecule has 0 radical (unpaired) electrons. The molecule has 1 heterocycles. The normalized spacial score (nSPS) is 10.8. The van der Waals surface area contributed by atoms with Crippen LogP contribution in [0.5, 0.6) is 11.5 Å². The molecule has 0 aliphatic rings. The molecule has 30 heavy (non-hydrogen) atoms. The van der Waals surface area contributed by atoms with Crippen molar-refractivity contribution < 1.29 is 23.5 Å². The quantitative estimate of drug-likeness (QED) is 0.365. The van der Waals surface area contributed by atoms with Gasteiger partial charge in [0.05, 0.1) is 0 Å². The lowest BCUT2D eigenvalue weighted by atomic mass is 10.1. The minimum Gasteiger partial charge on any atom is -0.482 e. The molecule has 0 aliphatic heterocycles. The standard InChI is InChI=1S/C23H23NO6/c1-4-15-7-5-6-8-19(15)28-13-21(25)29-17-10-9-16-11-18(22(26)24-14(2)3)23(27)30-20(16)12-17/h5-12,14H,4,13H2,1-3H3,(H,24,26). The van der Waals surface area contributed by atoms with Crippen LogP contribution in [0, 0.1) is 0 Å². The molecule has 156 valence electrons. The third kappa shape index (κ3) is 5.05. The number of hydrogen-bond acceptors (Lipinski definition) is 6. The first-order chi connectivity index (χ1) is 14.4. The lowest BCUT2D eigenvalue weighted by Gasteiger charge is -2.10. The molecule has 0 bridgehead atoms. The number of rotatable bonds is 7. The summed E-state index contributed by atoms with van der Waals surface area (Å²) >= 11 is 0. The summed E-state index contributed by atoms with van der Waals surface area (Å²) in [7, 11) is 0. The van der Waals surface area contributed by atoms with E-state index in [-0.39, 0.29) is 29.5 Å². The van der Waals surface area contributed by atoms with E-state index >= 15 is 0 Å². The molecule has 0 aliphatic carbocycles. The number of aryl methyl sites for hydroxylation is 1. The lowest BCUT2D eigenvalue weighted by Crippen LogP contribution is -2.33. The number of amides is 1. The number of benzene rings is 2. The van der Waals surface area contributed by atoms with Crippen molar-refractivity contribution >= 4 is 22.8 Å². The third-order valence-corrected chi connectivity index (χ3v) is 4.30. The van der Waals surface area contributed by atoms with Gasteiger partial charge in [0.2, 0.25) is 0 Å². The minimum absolute atomic E-state index is 0.0797.